The summed E-state index contributed by atoms with van der Waals surface area (Å²) < 4.78 is 7.06. The Bertz CT molecular complexity index is 473. The molecule has 1 aliphatic heterocycles. The molecule has 2 rings (SSSR count). The topological polar surface area (TPSA) is 67.6 Å². The summed E-state index contributed by atoms with van der Waals surface area (Å²) in [5.41, 5.74) is 0. The van der Waals surface area contributed by atoms with Gasteiger partial charge in [-0.1, -0.05) is 0 Å². The molecule has 0 saturated heterocycles. The number of hydrogen-bond acceptors (Lipinski definition) is 4. The zero-order chi connectivity index (χ0) is 14.5. The van der Waals surface area contributed by atoms with Crippen molar-refractivity contribution < 1.29 is 4.74 Å². The van der Waals surface area contributed by atoms with Gasteiger partial charge >= 0.3 is 0 Å². The van der Waals surface area contributed by atoms with Gasteiger partial charge in [0.2, 0.25) is 0 Å². The number of hydrogen-bond donors (Lipinski definition) is 1. The van der Waals surface area contributed by atoms with E-state index in [9.17, 15) is 0 Å². The average molecular weight is 408 g/mol. The highest BCUT2D eigenvalue weighted by Gasteiger charge is 2.22. The molecule has 1 aliphatic rings. The van der Waals surface area contributed by atoms with E-state index >= 15 is 0 Å². The third-order valence-corrected chi connectivity index (χ3v) is 3.24. The van der Waals surface area contributed by atoms with Crippen LogP contribution in [0.1, 0.15) is 25.0 Å². The minimum absolute atomic E-state index is 0. The summed E-state index contributed by atoms with van der Waals surface area (Å²) in [4.78, 5) is 11.0. The van der Waals surface area contributed by atoms with Gasteiger partial charge in [-0.2, -0.15) is 5.10 Å². The lowest BCUT2D eigenvalue weighted by Gasteiger charge is -2.27. The summed E-state index contributed by atoms with van der Waals surface area (Å²) in [5, 5.41) is 7.97. The zero-order valence-corrected chi connectivity index (χ0v) is 15.5. The van der Waals surface area contributed by atoms with Crippen LogP contribution in [-0.4, -0.2) is 59.4 Å². The highest BCUT2D eigenvalue weighted by molar-refractivity contribution is 14.0. The number of fused-ring (bicyclic) bond motifs is 1. The second-order valence-electron chi connectivity index (χ2n) is 5.13. The van der Waals surface area contributed by atoms with E-state index in [0.29, 0.717) is 12.6 Å². The summed E-state index contributed by atoms with van der Waals surface area (Å²) in [7, 11) is 5.67. The van der Waals surface area contributed by atoms with Crippen LogP contribution in [0.2, 0.25) is 0 Å². The van der Waals surface area contributed by atoms with Crippen LogP contribution in [0.3, 0.4) is 0 Å². The van der Waals surface area contributed by atoms with Crippen LogP contribution in [0.4, 0.5) is 0 Å². The van der Waals surface area contributed by atoms with E-state index in [0.717, 1.165) is 43.5 Å². The molecule has 2 heterocycles. The van der Waals surface area contributed by atoms with Crippen LogP contribution in [0.15, 0.2) is 4.99 Å². The number of methoxy groups -OCH3 is 1. The minimum Gasteiger partial charge on any atom is -0.377 e. The molecule has 1 N–H and O–H groups in total. The van der Waals surface area contributed by atoms with E-state index in [1.165, 1.54) is 0 Å². The fourth-order valence-electron chi connectivity index (χ4n) is 2.32. The van der Waals surface area contributed by atoms with Crippen molar-refractivity contribution >= 4 is 29.9 Å². The van der Waals surface area contributed by atoms with Gasteiger partial charge in [-0.05, 0) is 13.3 Å². The van der Waals surface area contributed by atoms with Gasteiger partial charge in [0, 0.05) is 40.2 Å². The summed E-state index contributed by atoms with van der Waals surface area (Å²) >= 11 is 0. The van der Waals surface area contributed by atoms with Gasteiger partial charge in [0.25, 0.3) is 0 Å². The molecule has 0 radical (unpaired) electrons. The van der Waals surface area contributed by atoms with Gasteiger partial charge in [0.05, 0.1) is 6.54 Å². The SMILES string of the molecule is CCN=C(NC1CCc2nc(COC)nn2C1)N(C)C.I. The zero-order valence-electron chi connectivity index (χ0n) is 13.2. The number of aryl methyl sites for hydroxylation is 1. The normalized spacial score (nSPS) is 17.9. The predicted molar refractivity (Wildman–Crippen MR) is 93.1 cm³/mol. The van der Waals surface area contributed by atoms with Gasteiger partial charge in [-0.25, -0.2) is 9.67 Å². The van der Waals surface area contributed by atoms with Crippen LogP contribution in [0, 0.1) is 0 Å². The van der Waals surface area contributed by atoms with Gasteiger partial charge in [0.15, 0.2) is 11.8 Å². The Hall–Kier alpha value is -0.900. The fraction of sp³-hybridized carbons (Fsp3) is 0.769. The molecule has 7 nitrogen and oxygen atoms in total. The number of guanidine groups is 1. The quantitative estimate of drug-likeness (QED) is 0.455. The highest BCUT2D eigenvalue weighted by atomic mass is 127. The van der Waals surface area contributed by atoms with Crippen molar-refractivity contribution in [2.45, 2.75) is 39.0 Å². The molecular weight excluding hydrogens is 383 g/mol. The molecule has 1 unspecified atom stereocenters. The molecule has 8 heteroatoms. The minimum atomic E-state index is 0. The average Bonchev–Trinajstić information content (AvgIpc) is 2.80. The molecule has 0 fully saturated rings. The summed E-state index contributed by atoms with van der Waals surface area (Å²) in [6.07, 6.45) is 1.98. The maximum Gasteiger partial charge on any atom is 0.193 e. The Morgan fingerprint density at radius 2 is 2.29 bits per heavy atom. The second kappa shape index (κ2) is 8.52. The summed E-state index contributed by atoms with van der Waals surface area (Å²) in [6, 6.07) is 0.340. The van der Waals surface area contributed by atoms with Crippen molar-refractivity contribution in [1.82, 2.24) is 25.0 Å². The largest absolute Gasteiger partial charge is 0.377 e. The Morgan fingerprint density at radius 3 is 2.90 bits per heavy atom. The third kappa shape index (κ3) is 4.80. The lowest BCUT2D eigenvalue weighted by atomic mass is 10.1. The first-order valence-corrected chi connectivity index (χ1v) is 7.03. The second-order valence-corrected chi connectivity index (χ2v) is 5.13. The van der Waals surface area contributed by atoms with Gasteiger partial charge in [-0.15, -0.1) is 24.0 Å². The van der Waals surface area contributed by atoms with Crippen molar-refractivity contribution in [2.75, 3.05) is 27.7 Å². The number of rotatable bonds is 4. The van der Waals surface area contributed by atoms with Crippen molar-refractivity contribution in [2.24, 2.45) is 4.99 Å². The van der Waals surface area contributed by atoms with Crippen LogP contribution in [0.25, 0.3) is 0 Å². The molecule has 1 atom stereocenters. The maximum absolute atomic E-state index is 5.08. The van der Waals surface area contributed by atoms with Crippen molar-refractivity contribution in [3.63, 3.8) is 0 Å². The van der Waals surface area contributed by atoms with Crippen molar-refractivity contribution in [3.05, 3.63) is 11.6 Å². The predicted octanol–water partition coefficient (Wildman–Crippen LogP) is 0.884. The summed E-state index contributed by atoms with van der Waals surface area (Å²) in [6.45, 7) is 4.11. The molecular formula is C13H25IN6O. The Labute approximate surface area is 143 Å². The number of aliphatic imine (C=N–C) groups is 1. The van der Waals surface area contributed by atoms with Crippen molar-refractivity contribution in [1.29, 1.82) is 0 Å². The van der Waals surface area contributed by atoms with E-state index in [2.05, 4.69) is 20.4 Å². The van der Waals surface area contributed by atoms with Gasteiger partial charge in [-0.3, -0.25) is 4.99 Å². The van der Waals surface area contributed by atoms with E-state index in [1.54, 1.807) is 7.11 Å². The molecule has 1 aromatic rings. The highest BCUT2D eigenvalue weighted by Crippen LogP contribution is 2.13. The third-order valence-electron chi connectivity index (χ3n) is 3.24. The number of halogens is 1. The van der Waals surface area contributed by atoms with Crippen molar-refractivity contribution in [3.8, 4) is 0 Å². The number of nitrogens with one attached hydrogen (secondary N) is 1. The standard InChI is InChI=1S/C13H24N6O.HI/c1-5-14-13(18(2)3)15-10-6-7-12-16-11(9-20-4)17-19(12)8-10;/h10H,5-9H2,1-4H3,(H,14,15);1H. The Morgan fingerprint density at radius 1 is 1.52 bits per heavy atom. The molecule has 1 aromatic heterocycles. The van der Waals surface area contributed by atoms with Gasteiger partial charge < -0.3 is 15.0 Å². The van der Waals surface area contributed by atoms with Crippen LogP contribution in [-0.2, 0) is 24.3 Å². The number of aromatic nitrogens is 3. The Balaban J connectivity index is 0.00000220. The van der Waals surface area contributed by atoms with Crippen LogP contribution in [0.5, 0.6) is 0 Å². The van der Waals surface area contributed by atoms with Gasteiger partial charge in [0.1, 0.15) is 12.4 Å². The van der Waals surface area contributed by atoms with Crippen LogP contribution >= 0.6 is 24.0 Å². The molecule has 0 aliphatic carbocycles. The van der Waals surface area contributed by atoms with E-state index < -0.39 is 0 Å². The first-order valence-electron chi connectivity index (χ1n) is 7.03. The molecule has 0 spiro atoms. The van der Waals surface area contributed by atoms with E-state index in [-0.39, 0.29) is 24.0 Å². The fourth-order valence-corrected chi connectivity index (χ4v) is 2.32. The number of ether oxygens (including phenoxy) is 1. The van der Waals surface area contributed by atoms with Crippen LogP contribution < -0.4 is 5.32 Å². The number of nitrogens with zero attached hydrogens (tertiary/aromatic N) is 5. The molecule has 0 saturated carbocycles. The molecule has 120 valence electrons. The summed E-state index contributed by atoms with van der Waals surface area (Å²) in [5.74, 6) is 2.74. The lowest BCUT2D eigenvalue weighted by molar-refractivity contribution is 0.177. The molecule has 0 bridgehead atoms. The molecule has 0 aromatic carbocycles. The first-order chi connectivity index (χ1) is 9.63. The Kier molecular flexibility index (Phi) is 7.36. The maximum atomic E-state index is 5.08. The molecule has 0 amide bonds. The smallest absolute Gasteiger partial charge is 0.193 e. The lowest BCUT2D eigenvalue weighted by Crippen LogP contribution is -2.46. The molecule has 21 heavy (non-hydrogen) atoms. The van der Waals surface area contributed by atoms with E-state index in [1.807, 2.05) is 30.6 Å². The monoisotopic (exact) mass is 408 g/mol. The van der Waals surface area contributed by atoms with E-state index in [4.69, 9.17) is 4.74 Å². The first kappa shape index (κ1) is 18.1.